The molecule has 1 aliphatic rings. The van der Waals surface area contributed by atoms with Crippen LogP contribution < -0.4 is 5.73 Å². The molecule has 1 fully saturated rings. The number of nitrogens with two attached hydrogens (primary N) is 1. The fraction of sp³-hybridized carbons (Fsp3) is 0.750. The molecule has 1 atom stereocenters. The van der Waals surface area contributed by atoms with Gasteiger partial charge in [-0.05, 0) is 25.7 Å². The molecule has 1 heterocycles. The third-order valence-electron chi connectivity index (χ3n) is 3.50. The average molecular weight is 267 g/mol. The van der Waals surface area contributed by atoms with Gasteiger partial charge in [0.25, 0.3) is 0 Å². The number of rotatable bonds is 7. The van der Waals surface area contributed by atoms with Gasteiger partial charge in [0, 0.05) is 19.7 Å². The topological polar surface area (TPSA) is 86.3 Å². The molecule has 1 aromatic rings. The van der Waals surface area contributed by atoms with Crippen molar-refractivity contribution in [2.45, 2.75) is 32.4 Å². The highest BCUT2D eigenvalue weighted by molar-refractivity contribution is 5.76. The number of nitrogen functional groups attached to an aromatic ring is 1. The summed E-state index contributed by atoms with van der Waals surface area (Å²) in [4.78, 5) is 18.0. The molecule has 0 aliphatic heterocycles. The van der Waals surface area contributed by atoms with Crippen LogP contribution in [-0.2, 0) is 16.1 Å². The first-order chi connectivity index (χ1) is 9.11. The van der Waals surface area contributed by atoms with E-state index in [1.165, 1.54) is 23.9 Å². The minimum atomic E-state index is 0.0290. The van der Waals surface area contributed by atoms with Crippen molar-refractivity contribution < 1.29 is 9.53 Å². The summed E-state index contributed by atoms with van der Waals surface area (Å²) in [7, 11) is 1.64. The molecule has 0 radical (unpaired) electrons. The van der Waals surface area contributed by atoms with Gasteiger partial charge in [0.05, 0.1) is 6.61 Å². The first-order valence-electron chi connectivity index (χ1n) is 6.55. The van der Waals surface area contributed by atoms with Crippen molar-refractivity contribution in [2.24, 2.45) is 5.92 Å². The van der Waals surface area contributed by atoms with E-state index in [2.05, 4.69) is 17.0 Å². The minimum absolute atomic E-state index is 0.0290. The normalized spacial score (nSPS) is 16.3. The maximum Gasteiger partial charge on any atom is 0.244 e. The van der Waals surface area contributed by atoms with Crippen molar-refractivity contribution in [3.05, 3.63) is 6.33 Å². The van der Waals surface area contributed by atoms with Gasteiger partial charge < -0.3 is 15.4 Å². The summed E-state index contributed by atoms with van der Waals surface area (Å²) in [5.74, 6) is 0.842. The molecule has 19 heavy (non-hydrogen) atoms. The van der Waals surface area contributed by atoms with E-state index in [0.29, 0.717) is 19.1 Å². The number of ether oxygens (including phenoxy) is 1. The molecule has 2 rings (SSSR count). The molecule has 0 spiro atoms. The fourth-order valence-corrected chi connectivity index (χ4v) is 2.19. The second-order valence-corrected chi connectivity index (χ2v) is 4.96. The Bertz CT molecular complexity index is 430. The zero-order valence-electron chi connectivity index (χ0n) is 11.5. The largest absolute Gasteiger partial charge is 0.383 e. The summed E-state index contributed by atoms with van der Waals surface area (Å²) in [6.07, 6.45) is 3.88. The quantitative estimate of drug-likeness (QED) is 0.759. The third kappa shape index (κ3) is 3.66. The molecule has 7 nitrogen and oxygen atoms in total. The summed E-state index contributed by atoms with van der Waals surface area (Å²) in [5.41, 5.74) is 5.44. The number of anilines is 1. The molecule has 2 N–H and O–H groups in total. The van der Waals surface area contributed by atoms with Crippen molar-refractivity contribution in [1.29, 1.82) is 0 Å². The average Bonchev–Trinajstić information content (AvgIpc) is 3.14. The molecule has 0 bridgehead atoms. The summed E-state index contributed by atoms with van der Waals surface area (Å²) in [6, 6.07) is 0.253. The van der Waals surface area contributed by atoms with Gasteiger partial charge in [0.2, 0.25) is 11.9 Å². The lowest BCUT2D eigenvalue weighted by molar-refractivity contribution is -0.135. The number of hydrogen-bond acceptors (Lipinski definition) is 5. The molecule has 1 aromatic heterocycles. The molecule has 1 amide bonds. The Balaban J connectivity index is 1.97. The Morgan fingerprint density at radius 2 is 2.42 bits per heavy atom. The molecule has 7 heteroatoms. The SMILES string of the molecule is COCCN(C(=O)Cn1cnc(N)n1)C(C)C1CC1. The van der Waals surface area contributed by atoms with Crippen molar-refractivity contribution in [3.8, 4) is 0 Å². The molecule has 106 valence electrons. The number of nitrogens with zero attached hydrogens (tertiary/aromatic N) is 4. The second kappa shape index (κ2) is 6.01. The third-order valence-corrected chi connectivity index (χ3v) is 3.50. The highest BCUT2D eigenvalue weighted by atomic mass is 16.5. The predicted octanol–water partition coefficient (Wildman–Crippen LogP) is 0.134. The highest BCUT2D eigenvalue weighted by Gasteiger charge is 2.34. The molecule has 1 saturated carbocycles. The lowest BCUT2D eigenvalue weighted by Crippen LogP contribution is -2.43. The van der Waals surface area contributed by atoms with E-state index in [4.69, 9.17) is 10.5 Å². The molecular weight excluding hydrogens is 246 g/mol. The van der Waals surface area contributed by atoms with Gasteiger partial charge in [-0.15, -0.1) is 5.10 Å². The smallest absolute Gasteiger partial charge is 0.244 e. The Morgan fingerprint density at radius 1 is 1.68 bits per heavy atom. The predicted molar refractivity (Wildman–Crippen MR) is 70.2 cm³/mol. The van der Waals surface area contributed by atoms with Crippen LogP contribution in [-0.4, -0.2) is 51.9 Å². The van der Waals surface area contributed by atoms with Crippen LogP contribution in [0.1, 0.15) is 19.8 Å². The zero-order chi connectivity index (χ0) is 13.8. The lowest BCUT2D eigenvalue weighted by Gasteiger charge is -2.29. The van der Waals surface area contributed by atoms with Crippen LogP contribution in [0.4, 0.5) is 5.95 Å². The van der Waals surface area contributed by atoms with Gasteiger partial charge in [-0.3, -0.25) is 4.79 Å². The van der Waals surface area contributed by atoms with Crippen molar-refractivity contribution in [3.63, 3.8) is 0 Å². The fourth-order valence-electron chi connectivity index (χ4n) is 2.19. The van der Waals surface area contributed by atoms with E-state index >= 15 is 0 Å². The summed E-state index contributed by atoms with van der Waals surface area (Å²) in [6.45, 7) is 3.42. The van der Waals surface area contributed by atoms with Crippen molar-refractivity contribution in [2.75, 3.05) is 26.0 Å². The van der Waals surface area contributed by atoms with Crippen molar-refractivity contribution in [1.82, 2.24) is 19.7 Å². The Hall–Kier alpha value is -1.63. The van der Waals surface area contributed by atoms with E-state index < -0.39 is 0 Å². The van der Waals surface area contributed by atoms with E-state index in [-0.39, 0.29) is 24.4 Å². The maximum absolute atomic E-state index is 12.3. The first-order valence-corrected chi connectivity index (χ1v) is 6.55. The van der Waals surface area contributed by atoms with E-state index in [9.17, 15) is 4.79 Å². The van der Waals surface area contributed by atoms with Gasteiger partial charge in [0.1, 0.15) is 12.9 Å². The monoisotopic (exact) mass is 267 g/mol. The zero-order valence-corrected chi connectivity index (χ0v) is 11.5. The standard InChI is InChI=1S/C12H21N5O2/c1-9(10-3-4-10)17(5-6-19-2)11(18)7-16-8-14-12(13)15-16/h8-10H,3-7H2,1-2H3,(H2,13,15). The van der Waals surface area contributed by atoms with Gasteiger partial charge in [0.15, 0.2) is 0 Å². The van der Waals surface area contributed by atoms with Crippen LogP contribution in [0, 0.1) is 5.92 Å². The van der Waals surface area contributed by atoms with Gasteiger partial charge >= 0.3 is 0 Å². The number of methoxy groups -OCH3 is 1. The molecule has 1 unspecified atom stereocenters. The second-order valence-electron chi connectivity index (χ2n) is 4.96. The van der Waals surface area contributed by atoms with Crippen molar-refractivity contribution >= 4 is 11.9 Å². The van der Waals surface area contributed by atoms with Gasteiger partial charge in [-0.25, -0.2) is 9.67 Å². The Morgan fingerprint density at radius 3 is 2.95 bits per heavy atom. The van der Waals surface area contributed by atoms with E-state index in [1.54, 1.807) is 7.11 Å². The summed E-state index contributed by atoms with van der Waals surface area (Å²) < 4.78 is 6.55. The number of aromatic nitrogens is 3. The summed E-state index contributed by atoms with van der Waals surface area (Å²) >= 11 is 0. The van der Waals surface area contributed by atoms with Crippen LogP contribution in [0.2, 0.25) is 0 Å². The Kier molecular flexibility index (Phi) is 4.36. The van der Waals surface area contributed by atoms with Crippen LogP contribution in [0.3, 0.4) is 0 Å². The highest BCUT2D eigenvalue weighted by Crippen LogP contribution is 2.35. The van der Waals surface area contributed by atoms with E-state index in [0.717, 1.165) is 0 Å². The van der Waals surface area contributed by atoms with Crippen LogP contribution in [0.25, 0.3) is 0 Å². The molecular formula is C12H21N5O2. The molecule has 0 aromatic carbocycles. The lowest BCUT2D eigenvalue weighted by atomic mass is 10.2. The van der Waals surface area contributed by atoms with Gasteiger partial charge in [-0.1, -0.05) is 0 Å². The molecule has 1 aliphatic carbocycles. The van der Waals surface area contributed by atoms with Crippen LogP contribution in [0.15, 0.2) is 6.33 Å². The van der Waals surface area contributed by atoms with Crippen LogP contribution >= 0.6 is 0 Å². The number of carbonyl (C=O) groups excluding carboxylic acids is 1. The maximum atomic E-state index is 12.3. The Labute approximate surface area is 112 Å². The first kappa shape index (κ1) is 13.8. The minimum Gasteiger partial charge on any atom is -0.383 e. The number of amides is 1. The summed E-state index contributed by atoms with van der Waals surface area (Å²) in [5, 5.41) is 3.94. The van der Waals surface area contributed by atoms with Gasteiger partial charge in [-0.2, -0.15) is 0 Å². The number of hydrogen-bond donors (Lipinski definition) is 1. The van der Waals surface area contributed by atoms with E-state index in [1.807, 2.05) is 4.90 Å². The van der Waals surface area contributed by atoms with Crippen LogP contribution in [0.5, 0.6) is 0 Å². The molecule has 0 saturated heterocycles. The number of carbonyl (C=O) groups is 1.